The summed E-state index contributed by atoms with van der Waals surface area (Å²) < 4.78 is 5.89. The Balaban J connectivity index is 1.80. The zero-order valence-electron chi connectivity index (χ0n) is 13.0. The molecule has 0 aliphatic carbocycles. The molecule has 1 aromatic carbocycles. The van der Waals surface area contributed by atoms with Crippen molar-refractivity contribution >= 4 is 22.1 Å². The van der Waals surface area contributed by atoms with Gasteiger partial charge >= 0.3 is 0 Å². The topological polar surface area (TPSA) is 9.23 Å². The van der Waals surface area contributed by atoms with Crippen LogP contribution in [0.3, 0.4) is 0 Å². The van der Waals surface area contributed by atoms with Crippen LogP contribution in [0, 0.1) is 13.8 Å². The lowest BCUT2D eigenvalue weighted by Crippen LogP contribution is -1.97. The van der Waals surface area contributed by atoms with Gasteiger partial charge in [0, 0.05) is 9.75 Å². The van der Waals surface area contributed by atoms with E-state index in [-0.39, 0.29) is 0 Å². The van der Waals surface area contributed by atoms with E-state index in [1.54, 1.807) is 0 Å². The Morgan fingerprint density at radius 2 is 1.60 bits per heavy atom. The fraction of sp³-hybridized carbons (Fsp3) is 0.556. The normalized spacial score (nSPS) is 11.2. The van der Waals surface area contributed by atoms with Gasteiger partial charge in [-0.05, 0) is 49.2 Å². The molecule has 2 rings (SSSR count). The minimum Gasteiger partial charge on any atom is -0.494 e. The summed E-state index contributed by atoms with van der Waals surface area (Å²) in [4.78, 5) is 2.79. The summed E-state index contributed by atoms with van der Waals surface area (Å²) in [5.41, 5.74) is 0. The van der Waals surface area contributed by atoms with Crippen LogP contribution < -0.4 is 4.74 Å². The van der Waals surface area contributed by atoms with E-state index in [9.17, 15) is 0 Å². The van der Waals surface area contributed by atoms with Gasteiger partial charge in [-0.1, -0.05) is 39.0 Å². The van der Waals surface area contributed by atoms with Crippen molar-refractivity contribution in [2.24, 2.45) is 0 Å². The van der Waals surface area contributed by atoms with E-state index in [1.165, 1.54) is 59.1 Å². The second-order valence-electron chi connectivity index (χ2n) is 5.54. The molecule has 0 fully saturated rings. The van der Waals surface area contributed by atoms with Crippen LogP contribution in [0.1, 0.15) is 55.2 Å². The van der Waals surface area contributed by atoms with Gasteiger partial charge in [-0.2, -0.15) is 0 Å². The second-order valence-corrected chi connectivity index (χ2v) is 6.97. The molecule has 110 valence electrons. The molecule has 0 aliphatic rings. The fourth-order valence-corrected chi connectivity index (χ4v) is 3.65. The number of rotatable bonds is 8. The first kappa shape index (κ1) is 15.4. The van der Waals surface area contributed by atoms with Gasteiger partial charge in [-0.25, -0.2) is 0 Å². The highest BCUT2D eigenvalue weighted by molar-refractivity contribution is 7.13. The highest BCUT2D eigenvalue weighted by atomic mass is 32.1. The number of thiophene rings is 1. The Hall–Kier alpha value is -1.02. The molecular formula is C18H26OS. The molecule has 20 heavy (non-hydrogen) atoms. The molecule has 0 unspecified atom stereocenters. The van der Waals surface area contributed by atoms with Gasteiger partial charge in [0.15, 0.2) is 0 Å². The highest BCUT2D eigenvalue weighted by Gasteiger charge is 2.06. The molecule has 0 spiro atoms. The maximum atomic E-state index is 5.89. The Labute approximate surface area is 127 Å². The van der Waals surface area contributed by atoms with Gasteiger partial charge < -0.3 is 4.74 Å². The van der Waals surface area contributed by atoms with Gasteiger partial charge in [-0.3, -0.25) is 0 Å². The van der Waals surface area contributed by atoms with Gasteiger partial charge in [0.05, 0.1) is 6.61 Å². The van der Waals surface area contributed by atoms with E-state index in [4.69, 9.17) is 4.74 Å². The Morgan fingerprint density at radius 3 is 2.40 bits per heavy atom. The molecule has 0 saturated carbocycles. The van der Waals surface area contributed by atoms with Crippen molar-refractivity contribution in [2.75, 3.05) is 6.61 Å². The molecule has 0 atom stereocenters. The average molecular weight is 290 g/mol. The van der Waals surface area contributed by atoms with Gasteiger partial charge in [0.25, 0.3) is 0 Å². The summed E-state index contributed by atoms with van der Waals surface area (Å²) in [7, 11) is 0. The minimum absolute atomic E-state index is 0.847. The molecule has 1 nitrogen and oxygen atoms in total. The van der Waals surface area contributed by atoms with Crippen LogP contribution in [0.4, 0.5) is 0 Å². The molecule has 1 aromatic heterocycles. The van der Waals surface area contributed by atoms with Crippen LogP contribution >= 0.6 is 11.3 Å². The van der Waals surface area contributed by atoms with Crippen LogP contribution in [0.5, 0.6) is 5.75 Å². The summed E-state index contributed by atoms with van der Waals surface area (Å²) in [5.74, 6) is 1.02. The largest absolute Gasteiger partial charge is 0.494 e. The van der Waals surface area contributed by atoms with E-state index in [0.29, 0.717) is 0 Å². The molecule has 0 N–H and O–H groups in total. The summed E-state index contributed by atoms with van der Waals surface area (Å²) in [6.07, 6.45) is 7.86. The van der Waals surface area contributed by atoms with E-state index in [1.807, 2.05) is 11.3 Å². The molecular weight excluding hydrogens is 264 g/mol. The average Bonchev–Trinajstić information content (AvgIpc) is 2.73. The van der Waals surface area contributed by atoms with E-state index < -0.39 is 0 Å². The first-order valence-corrected chi connectivity index (χ1v) is 8.66. The molecule has 0 aliphatic heterocycles. The lowest BCUT2D eigenvalue weighted by Gasteiger charge is -2.06. The van der Waals surface area contributed by atoms with Crippen LogP contribution in [-0.4, -0.2) is 6.61 Å². The lowest BCUT2D eigenvalue weighted by atomic mass is 10.1. The number of hydrogen-bond acceptors (Lipinski definition) is 2. The SMILES string of the molecule is CCCCCCCCOc1ccc2c(C)sc(C)c2c1. The van der Waals surface area contributed by atoms with Gasteiger partial charge in [-0.15, -0.1) is 11.3 Å². The molecule has 0 amide bonds. The van der Waals surface area contributed by atoms with Crippen molar-refractivity contribution in [3.63, 3.8) is 0 Å². The molecule has 0 bridgehead atoms. The lowest BCUT2D eigenvalue weighted by molar-refractivity contribution is 0.305. The minimum atomic E-state index is 0.847. The maximum absolute atomic E-state index is 5.89. The number of unbranched alkanes of at least 4 members (excludes halogenated alkanes) is 5. The fourth-order valence-electron chi connectivity index (χ4n) is 2.62. The standard InChI is InChI=1S/C18H26OS/c1-4-5-6-7-8-9-12-19-16-10-11-17-14(2)20-15(3)18(17)13-16/h10-11,13H,4-9,12H2,1-3H3. The molecule has 0 saturated heterocycles. The summed E-state index contributed by atoms with van der Waals surface area (Å²) in [6, 6.07) is 6.51. The van der Waals surface area contributed by atoms with E-state index in [0.717, 1.165) is 12.4 Å². The first-order valence-electron chi connectivity index (χ1n) is 7.85. The van der Waals surface area contributed by atoms with Gasteiger partial charge in [0.1, 0.15) is 5.75 Å². The van der Waals surface area contributed by atoms with Crippen LogP contribution in [0.15, 0.2) is 18.2 Å². The number of benzene rings is 1. The van der Waals surface area contributed by atoms with Crippen LogP contribution in [0.25, 0.3) is 10.8 Å². The first-order chi connectivity index (χ1) is 9.72. The number of hydrogen-bond donors (Lipinski definition) is 0. The predicted molar refractivity (Wildman–Crippen MR) is 90.2 cm³/mol. The molecule has 2 heteroatoms. The van der Waals surface area contributed by atoms with Crippen LogP contribution in [-0.2, 0) is 0 Å². The zero-order chi connectivity index (χ0) is 14.4. The van der Waals surface area contributed by atoms with Crippen molar-refractivity contribution < 1.29 is 4.74 Å². The third kappa shape index (κ3) is 3.99. The van der Waals surface area contributed by atoms with Crippen LogP contribution in [0.2, 0.25) is 0 Å². The molecule has 0 radical (unpaired) electrons. The van der Waals surface area contributed by atoms with Crippen molar-refractivity contribution in [3.8, 4) is 5.75 Å². The maximum Gasteiger partial charge on any atom is 0.119 e. The zero-order valence-corrected chi connectivity index (χ0v) is 13.8. The van der Waals surface area contributed by atoms with Gasteiger partial charge in [0.2, 0.25) is 0 Å². The second kappa shape index (κ2) is 7.68. The van der Waals surface area contributed by atoms with E-state index in [2.05, 4.69) is 39.0 Å². The number of fused-ring (bicyclic) bond motifs is 1. The third-order valence-corrected chi connectivity index (χ3v) is 4.87. The Bertz CT molecular complexity index is 542. The van der Waals surface area contributed by atoms with Crippen molar-refractivity contribution in [3.05, 3.63) is 28.0 Å². The number of ether oxygens (including phenoxy) is 1. The molecule has 1 heterocycles. The van der Waals surface area contributed by atoms with E-state index >= 15 is 0 Å². The summed E-state index contributed by atoms with van der Waals surface area (Å²) >= 11 is 1.88. The van der Waals surface area contributed by atoms with Crippen molar-refractivity contribution in [1.82, 2.24) is 0 Å². The number of aryl methyl sites for hydroxylation is 2. The Morgan fingerprint density at radius 1 is 0.900 bits per heavy atom. The molecule has 2 aromatic rings. The predicted octanol–water partition coefficient (Wildman–Crippen LogP) is 6.26. The monoisotopic (exact) mass is 290 g/mol. The van der Waals surface area contributed by atoms with Crippen molar-refractivity contribution in [1.29, 1.82) is 0 Å². The quantitative estimate of drug-likeness (QED) is 0.521. The smallest absolute Gasteiger partial charge is 0.119 e. The summed E-state index contributed by atoms with van der Waals surface area (Å²) in [5, 5.41) is 2.73. The van der Waals surface area contributed by atoms with Crippen molar-refractivity contribution in [2.45, 2.75) is 59.3 Å². The summed E-state index contributed by atoms with van der Waals surface area (Å²) in [6.45, 7) is 7.49. The Kier molecular flexibility index (Phi) is 5.90. The third-order valence-electron chi connectivity index (χ3n) is 3.82. The highest BCUT2D eigenvalue weighted by Crippen LogP contribution is 2.32.